The van der Waals surface area contributed by atoms with Crippen molar-refractivity contribution in [3.8, 4) is 5.75 Å². The molecule has 2 atom stereocenters. The zero-order valence-corrected chi connectivity index (χ0v) is 10.2. The molecule has 0 heterocycles. The van der Waals surface area contributed by atoms with Gasteiger partial charge in [0, 0.05) is 5.41 Å². The maximum absolute atomic E-state index is 12.6. The quantitative estimate of drug-likeness (QED) is 0.843. The van der Waals surface area contributed by atoms with Crippen LogP contribution in [0.15, 0.2) is 36.9 Å². The first-order valence-electron chi connectivity index (χ1n) is 5.28. The number of aliphatic hydroxyl groups is 1. The van der Waals surface area contributed by atoms with Crippen molar-refractivity contribution in [2.24, 2.45) is 0 Å². The van der Waals surface area contributed by atoms with Crippen molar-refractivity contribution >= 4 is 0 Å². The minimum atomic E-state index is -4.71. The van der Waals surface area contributed by atoms with Crippen molar-refractivity contribution in [3.05, 3.63) is 42.5 Å². The molecule has 0 saturated carbocycles. The summed E-state index contributed by atoms with van der Waals surface area (Å²) in [4.78, 5) is 0. The lowest BCUT2D eigenvalue weighted by Crippen LogP contribution is -2.45. The van der Waals surface area contributed by atoms with Gasteiger partial charge in [0.1, 0.15) is 5.75 Å². The summed E-state index contributed by atoms with van der Waals surface area (Å²) in [5.41, 5.74) is -1.27. The third kappa shape index (κ3) is 2.67. The van der Waals surface area contributed by atoms with E-state index < -0.39 is 17.7 Å². The van der Waals surface area contributed by atoms with Gasteiger partial charge in [-0.1, -0.05) is 18.2 Å². The molecule has 2 nitrogen and oxygen atoms in total. The molecule has 0 unspecified atom stereocenters. The number of hydrogen-bond acceptors (Lipinski definition) is 2. The first-order chi connectivity index (χ1) is 8.25. The predicted octanol–water partition coefficient (Wildman–Crippen LogP) is 3.06. The normalized spacial score (nSPS) is 16.8. The Kier molecular flexibility index (Phi) is 4.06. The maximum Gasteiger partial charge on any atom is 0.415 e. The van der Waals surface area contributed by atoms with Gasteiger partial charge in [-0.25, -0.2) is 0 Å². The highest BCUT2D eigenvalue weighted by Crippen LogP contribution is 2.38. The van der Waals surface area contributed by atoms with Crippen LogP contribution in [0.1, 0.15) is 12.5 Å². The lowest BCUT2D eigenvalue weighted by atomic mass is 9.77. The molecule has 5 heteroatoms. The van der Waals surface area contributed by atoms with Crippen molar-refractivity contribution in [1.82, 2.24) is 0 Å². The molecule has 0 saturated heterocycles. The molecular formula is C13H15F3O2. The summed E-state index contributed by atoms with van der Waals surface area (Å²) < 4.78 is 42.9. The lowest BCUT2D eigenvalue weighted by Gasteiger charge is -2.33. The molecule has 1 aromatic rings. The summed E-state index contributed by atoms with van der Waals surface area (Å²) in [5, 5.41) is 9.46. The van der Waals surface area contributed by atoms with Crippen molar-refractivity contribution in [2.75, 3.05) is 7.11 Å². The molecular weight excluding hydrogens is 245 g/mol. The molecule has 0 aliphatic carbocycles. The van der Waals surface area contributed by atoms with Gasteiger partial charge in [-0.15, -0.1) is 6.58 Å². The summed E-state index contributed by atoms with van der Waals surface area (Å²) in [6.45, 7) is 4.69. The molecule has 0 spiro atoms. The Morgan fingerprint density at radius 2 is 1.78 bits per heavy atom. The number of halogens is 3. The second-order valence-electron chi connectivity index (χ2n) is 4.16. The van der Waals surface area contributed by atoms with E-state index in [1.165, 1.54) is 26.2 Å². The van der Waals surface area contributed by atoms with Gasteiger partial charge >= 0.3 is 6.18 Å². The van der Waals surface area contributed by atoms with E-state index in [-0.39, 0.29) is 0 Å². The number of alkyl halides is 3. The zero-order valence-electron chi connectivity index (χ0n) is 10.2. The van der Waals surface area contributed by atoms with Crippen LogP contribution < -0.4 is 4.74 Å². The Bertz CT molecular complexity index is 411. The molecule has 0 aromatic heterocycles. The van der Waals surface area contributed by atoms with E-state index in [2.05, 4.69) is 6.58 Å². The summed E-state index contributed by atoms with van der Waals surface area (Å²) in [6.07, 6.45) is -6.11. The van der Waals surface area contributed by atoms with Gasteiger partial charge in [-0.2, -0.15) is 13.2 Å². The molecule has 18 heavy (non-hydrogen) atoms. The maximum atomic E-state index is 12.6. The Hall–Kier alpha value is -1.49. The van der Waals surface area contributed by atoms with Crippen LogP contribution in [0, 0.1) is 0 Å². The fourth-order valence-corrected chi connectivity index (χ4v) is 1.68. The van der Waals surface area contributed by atoms with Gasteiger partial charge in [0.05, 0.1) is 7.11 Å². The Morgan fingerprint density at radius 1 is 1.28 bits per heavy atom. The Balaban J connectivity index is 3.18. The highest BCUT2D eigenvalue weighted by molar-refractivity contribution is 5.36. The lowest BCUT2D eigenvalue weighted by molar-refractivity contribution is -0.218. The van der Waals surface area contributed by atoms with E-state index in [1.807, 2.05) is 0 Å². The highest BCUT2D eigenvalue weighted by Gasteiger charge is 2.49. The van der Waals surface area contributed by atoms with E-state index in [0.29, 0.717) is 11.3 Å². The molecule has 0 radical (unpaired) electrons. The smallest absolute Gasteiger partial charge is 0.415 e. The van der Waals surface area contributed by atoms with Gasteiger partial charge in [-0.3, -0.25) is 0 Å². The van der Waals surface area contributed by atoms with Crippen LogP contribution in [0.5, 0.6) is 5.75 Å². The van der Waals surface area contributed by atoms with Crippen LogP contribution in [0.25, 0.3) is 0 Å². The van der Waals surface area contributed by atoms with E-state index in [4.69, 9.17) is 4.74 Å². The zero-order chi connectivity index (χ0) is 14.0. The van der Waals surface area contributed by atoms with Crippen LogP contribution in [-0.2, 0) is 5.41 Å². The number of methoxy groups -OCH3 is 1. The fourth-order valence-electron chi connectivity index (χ4n) is 1.68. The van der Waals surface area contributed by atoms with E-state index in [9.17, 15) is 18.3 Å². The summed E-state index contributed by atoms with van der Waals surface area (Å²) in [7, 11) is 1.46. The standard InChI is InChI=1S/C13H15F3O2/c1-4-12(2,11(17)13(14,15)16)9-5-7-10(18-3)8-6-9/h4-8,11,17H,1H2,2-3H3/t11-,12+/m0/s1. The van der Waals surface area contributed by atoms with Gasteiger partial charge in [0.25, 0.3) is 0 Å². The van der Waals surface area contributed by atoms with Gasteiger partial charge in [0.15, 0.2) is 6.10 Å². The number of benzene rings is 1. The highest BCUT2D eigenvalue weighted by atomic mass is 19.4. The minimum Gasteiger partial charge on any atom is -0.497 e. The number of aliphatic hydroxyl groups excluding tert-OH is 1. The number of ether oxygens (including phenoxy) is 1. The van der Waals surface area contributed by atoms with Crippen LogP contribution in [0.2, 0.25) is 0 Å². The van der Waals surface area contributed by atoms with Gasteiger partial charge in [0.2, 0.25) is 0 Å². The molecule has 1 N–H and O–H groups in total. The minimum absolute atomic E-state index is 0.322. The molecule has 1 aromatic carbocycles. The van der Waals surface area contributed by atoms with Crippen LogP contribution in [-0.4, -0.2) is 24.5 Å². The van der Waals surface area contributed by atoms with Crippen LogP contribution >= 0.6 is 0 Å². The van der Waals surface area contributed by atoms with Crippen molar-refractivity contribution in [3.63, 3.8) is 0 Å². The van der Waals surface area contributed by atoms with Gasteiger partial charge in [-0.05, 0) is 24.6 Å². The molecule has 0 aliphatic rings. The summed E-state index contributed by atoms with van der Waals surface area (Å²) in [6, 6.07) is 6.05. The van der Waals surface area contributed by atoms with Crippen molar-refractivity contribution in [2.45, 2.75) is 24.6 Å². The monoisotopic (exact) mass is 260 g/mol. The first kappa shape index (κ1) is 14.6. The number of rotatable bonds is 4. The average Bonchev–Trinajstić information content (AvgIpc) is 2.36. The van der Waals surface area contributed by atoms with Crippen LogP contribution in [0.4, 0.5) is 13.2 Å². The first-order valence-corrected chi connectivity index (χ1v) is 5.28. The molecule has 0 aliphatic heterocycles. The second kappa shape index (κ2) is 5.02. The average molecular weight is 260 g/mol. The summed E-state index contributed by atoms with van der Waals surface area (Å²) in [5.74, 6) is 0.534. The third-order valence-electron chi connectivity index (χ3n) is 3.01. The van der Waals surface area contributed by atoms with E-state index >= 15 is 0 Å². The fraction of sp³-hybridized carbons (Fsp3) is 0.385. The van der Waals surface area contributed by atoms with Gasteiger partial charge < -0.3 is 9.84 Å². The van der Waals surface area contributed by atoms with Crippen LogP contribution in [0.3, 0.4) is 0 Å². The summed E-state index contributed by atoms with van der Waals surface area (Å²) >= 11 is 0. The van der Waals surface area contributed by atoms with E-state index in [0.717, 1.165) is 6.08 Å². The second-order valence-corrected chi connectivity index (χ2v) is 4.16. The Labute approximate surface area is 104 Å². The van der Waals surface area contributed by atoms with E-state index in [1.54, 1.807) is 12.1 Å². The van der Waals surface area contributed by atoms with Crippen molar-refractivity contribution < 1.29 is 23.0 Å². The molecule has 1 rings (SSSR count). The van der Waals surface area contributed by atoms with Crippen molar-refractivity contribution in [1.29, 1.82) is 0 Å². The molecule has 0 fully saturated rings. The Morgan fingerprint density at radius 3 is 2.11 bits per heavy atom. The third-order valence-corrected chi connectivity index (χ3v) is 3.01. The molecule has 0 amide bonds. The number of hydrogen-bond donors (Lipinski definition) is 1. The molecule has 100 valence electrons. The largest absolute Gasteiger partial charge is 0.497 e. The predicted molar refractivity (Wildman–Crippen MR) is 62.6 cm³/mol. The molecule has 0 bridgehead atoms. The topological polar surface area (TPSA) is 29.5 Å². The SMILES string of the molecule is C=C[C@](C)(c1ccc(OC)cc1)[C@H](O)C(F)(F)F.